The van der Waals surface area contributed by atoms with Crippen molar-refractivity contribution in [3.05, 3.63) is 40.9 Å². The molecule has 0 atom stereocenters. The highest BCUT2D eigenvalue weighted by atomic mass is 35.5. The first-order chi connectivity index (χ1) is 7.66. The largest absolute Gasteiger partial charge is 0.323 e. The van der Waals surface area contributed by atoms with Crippen molar-refractivity contribution in [1.29, 1.82) is 0 Å². The fraction of sp³-hybridized carbons (Fsp3) is 0.182. The molecule has 2 aromatic heterocycles. The van der Waals surface area contributed by atoms with Gasteiger partial charge in [0.05, 0.1) is 28.3 Å². The van der Waals surface area contributed by atoms with Crippen molar-refractivity contribution >= 4 is 23.2 Å². The van der Waals surface area contributed by atoms with Crippen molar-refractivity contribution in [2.24, 2.45) is 0 Å². The van der Waals surface area contributed by atoms with Crippen LogP contribution in [-0.2, 0) is 0 Å². The second-order valence-electron chi connectivity index (χ2n) is 3.39. The lowest BCUT2D eigenvalue weighted by Crippen LogP contribution is -2.00. The average molecular weight is 235 g/mol. The molecular formula is C11H11ClN4. The van der Waals surface area contributed by atoms with Gasteiger partial charge in [0.25, 0.3) is 0 Å². The van der Waals surface area contributed by atoms with Gasteiger partial charge in [-0.15, -0.1) is 0 Å². The molecule has 0 saturated heterocycles. The molecule has 2 rings (SSSR count). The maximum Gasteiger partial charge on any atom is 0.227 e. The Bertz CT molecular complexity index is 513. The van der Waals surface area contributed by atoms with E-state index in [1.54, 1.807) is 12.4 Å². The van der Waals surface area contributed by atoms with Crippen LogP contribution in [0.15, 0.2) is 24.5 Å². The number of aryl methyl sites for hydroxylation is 2. The molecule has 82 valence electrons. The summed E-state index contributed by atoms with van der Waals surface area (Å²) in [7, 11) is 0. The minimum atomic E-state index is 0.526. The first kappa shape index (κ1) is 10.8. The fourth-order valence-corrected chi connectivity index (χ4v) is 1.34. The smallest absolute Gasteiger partial charge is 0.227 e. The number of aromatic nitrogens is 3. The quantitative estimate of drug-likeness (QED) is 0.868. The minimum absolute atomic E-state index is 0.526. The first-order valence-corrected chi connectivity index (χ1v) is 5.22. The summed E-state index contributed by atoms with van der Waals surface area (Å²) >= 11 is 5.85. The highest BCUT2D eigenvalue weighted by molar-refractivity contribution is 6.31. The summed E-state index contributed by atoms with van der Waals surface area (Å²) in [6.45, 7) is 3.76. The molecule has 0 radical (unpaired) electrons. The molecule has 2 heterocycles. The van der Waals surface area contributed by atoms with Crippen molar-refractivity contribution in [2.75, 3.05) is 5.32 Å². The Morgan fingerprint density at radius 1 is 1.19 bits per heavy atom. The number of hydrogen-bond donors (Lipinski definition) is 1. The zero-order valence-electron chi connectivity index (χ0n) is 9.03. The molecule has 0 saturated carbocycles. The van der Waals surface area contributed by atoms with Gasteiger partial charge in [0.1, 0.15) is 0 Å². The molecule has 0 fully saturated rings. The number of nitrogens with zero attached hydrogens (tertiary/aromatic N) is 3. The monoisotopic (exact) mass is 234 g/mol. The number of pyridine rings is 1. The van der Waals surface area contributed by atoms with E-state index in [0.717, 1.165) is 17.1 Å². The van der Waals surface area contributed by atoms with E-state index in [0.29, 0.717) is 11.0 Å². The van der Waals surface area contributed by atoms with Crippen LogP contribution in [0.4, 0.5) is 11.6 Å². The van der Waals surface area contributed by atoms with Crippen LogP contribution in [0.1, 0.15) is 11.4 Å². The SMILES string of the molecule is Cc1nc(Nc2cccnc2C)ncc1Cl. The normalized spacial score (nSPS) is 10.2. The summed E-state index contributed by atoms with van der Waals surface area (Å²) < 4.78 is 0. The molecule has 0 aromatic carbocycles. The number of nitrogens with one attached hydrogen (secondary N) is 1. The van der Waals surface area contributed by atoms with Gasteiger partial charge in [-0.05, 0) is 26.0 Å². The highest BCUT2D eigenvalue weighted by Crippen LogP contribution is 2.17. The van der Waals surface area contributed by atoms with Gasteiger partial charge in [-0.1, -0.05) is 11.6 Å². The molecule has 1 N–H and O–H groups in total. The van der Waals surface area contributed by atoms with Crippen molar-refractivity contribution in [3.8, 4) is 0 Å². The number of halogens is 1. The van der Waals surface area contributed by atoms with Gasteiger partial charge in [-0.25, -0.2) is 9.97 Å². The third-order valence-corrected chi connectivity index (χ3v) is 2.54. The molecule has 0 spiro atoms. The van der Waals surface area contributed by atoms with Crippen molar-refractivity contribution in [1.82, 2.24) is 15.0 Å². The summed E-state index contributed by atoms with van der Waals surface area (Å²) in [6, 6.07) is 3.79. The van der Waals surface area contributed by atoms with E-state index in [2.05, 4.69) is 20.3 Å². The topological polar surface area (TPSA) is 50.7 Å². The Morgan fingerprint density at radius 2 is 2.00 bits per heavy atom. The predicted molar refractivity (Wildman–Crippen MR) is 64.0 cm³/mol. The summed E-state index contributed by atoms with van der Waals surface area (Å²) in [5.41, 5.74) is 2.55. The average Bonchev–Trinajstić information content (AvgIpc) is 2.27. The zero-order valence-corrected chi connectivity index (χ0v) is 9.78. The summed E-state index contributed by atoms with van der Waals surface area (Å²) in [5.74, 6) is 0.526. The molecular weight excluding hydrogens is 224 g/mol. The van der Waals surface area contributed by atoms with Gasteiger partial charge >= 0.3 is 0 Å². The van der Waals surface area contributed by atoms with Crippen LogP contribution in [-0.4, -0.2) is 15.0 Å². The Labute approximate surface area is 98.7 Å². The predicted octanol–water partition coefficient (Wildman–Crippen LogP) is 2.89. The van der Waals surface area contributed by atoms with Crippen LogP contribution in [0, 0.1) is 13.8 Å². The van der Waals surface area contributed by atoms with Crippen LogP contribution in [0.3, 0.4) is 0 Å². The molecule has 0 aliphatic heterocycles. The molecule has 2 aromatic rings. The van der Waals surface area contributed by atoms with Gasteiger partial charge < -0.3 is 5.32 Å². The van der Waals surface area contributed by atoms with E-state index in [1.807, 2.05) is 26.0 Å². The Kier molecular flexibility index (Phi) is 3.01. The summed E-state index contributed by atoms with van der Waals surface area (Å²) in [6.07, 6.45) is 3.33. The first-order valence-electron chi connectivity index (χ1n) is 4.84. The van der Waals surface area contributed by atoms with Gasteiger partial charge in [0.2, 0.25) is 5.95 Å². The van der Waals surface area contributed by atoms with Crippen LogP contribution >= 0.6 is 11.6 Å². The Balaban J connectivity index is 2.28. The molecule has 0 unspecified atom stereocenters. The van der Waals surface area contributed by atoms with E-state index in [1.165, 1.54) is 0 Å². The molecule has 0 amide bonds. The fourth-order valence-electron chi connectivity index (χ4n) is 1.25. The summed E-state index contributed by atoms with van der Waals surface area (Å²) in [5, 5.41) is 3.66. The van der Waals surface area contributed by atoms with Crippen molar-refractivity contribution in [3.63, 3.8) is 0 Å². The van der Waals surface area contributed by atoms with Crippen LogP contribution in [0.2, 0.25) is 5.02 Å². The Morgan fingerprint density at radius 3 is 2.69 bits per heavy atom. The molecule has 0 aliphatic carbocycles. The van der Waals surface area contributed by atoms with Crippen LogP contribution in [0.5, 0.6) is 0 Å². The van der Waals surface area contributed by atoms with E-state index >= 15 is 0 Å². The molecule has 0 aliphatic rings. The maximum absolute atomic E-state index is 5.85. The highest BCUT2D eigenvalue weighted by Gasteiger charge is 2.03. The molecule has 5 heteroatoms. The van der Waals surface area contributed by atoms with Gasteiger partial charge in [-0.2, -0.15) is 0 Å². The van der Waals surface area contributed by atoms with E-state index in [-0.39, 0.29) is 0 Å². The van der Waals surface area contributed by atoms with Crippen molar-refractivity contribution < 1.29 is 0 Å². The maximum atomic E-state index is 5.85. The van der Waals surface area contributed by atoms with Gasteiger partial charge in [-0.3, -0.25) is 4.98 Å². The number of hydrogen-bond acceptors (Lipinski definition) is 4. The lowest BCUT2D eigenvalue weighted by molar-refractivity contribution is 1.10. The standard InChI is InChI=1S/C11H11ClN4/c1-7-9(12)6-14-11(15-7)16-10-4-3-5-13-8(10)2/h3-6H,1-2H3,(H,14,15,16). The lowest BCUT2D eigenvalue weighted by Gasteiger charge is -2.07. The van der Waals surface area contributed by atoms with Gasteiger partial charge in [0, 0.05) is 6.20 Å². The lowest BCUT2D eigenvalue weighted by atomic mass is 10.3. The molecule has 0 bridgehead atoms. The molecule has 16 heavy (non-hydrogen) atoms. The minimum Gasteiger partial charge on any atom is -0.323 e. The second kappa shape index (κ2) is 4.45. The zero-order chi connectivity index (χ0) is 11.5. The van der Waals surface area contributed by atoms with E-state index in [4.69, 9.17) is 11.6 Å². The molecule has 4 nitrogen and oxygen atoms in total. The Hall–Kier alpha value is -1.68. The third-order valence-electron chi connectivity index (χ3n) is 2.17. The third kappa shape index (κ3) is 2.28. The second-order valence-corrected chi connectivity index (χ2v) is 3.80. The number of anilines is 2. The van der Waals surface area contributed by atoms with Crippen molar-refractivity contribution in [2.45, 2.75) is 13.8 Å². The van der Waals surface area contributed by atoms with Crippen LogP contribution in [0.25, 0.3) is 0 Å². The van der Waals surface area contributed by atoms with Crippen LogP contribution < -0.4 is 5.32 Å². The van der Waals surface area contributed by atoms with Gasteiger partial charge in [0.15, 0.2) is 0 Å². The van der Waals surface area contributed by atoms with E-state index < -0.39 is 0 Å². The van der Waals surface area contributed by atoms with E-state index in [9.17, 15) is 0 Å². The summed E-state index contributed by atoms with van der Waals surface area (Å²) in [4.78, 5) is 12.5. The number of rotatable bonds is 2.